The van der Waals surface area contributed by atoms with E-state index in [1.165, 1.54) is 18.3 Å². The number of hydrogen-bond acceptors (Lipinski definition) is 6. The molecule has 0 atom stereocenters. The van der Waals surface area contributed by atoms with Crippen molar-refractivity contribution in [2.75, 3.05) is 6.54 Å². The minimum Gasteiger partial charge on any atom is -0.425 e. The summed E-state index contributed by atoms with van der Waals surface area (Å²) in [6, 6.07) is 8.48. The van der Waals surface area contributed by atoms with Gasteiger partial charge < -0.3 is 10.1 Å². The number of amides is 3. The molecule has 1 aliphatic rings. The van der Waals surface area contributed by atoms with Crippen molar-refractivity contribution in [2.45, 2.75) is 19.4 Å². The zero-order chi connectivity index (χ0) is 22.4. The van der Waals surface area contributed by atoms with E-state index < -0.39 is 5.97 Å². The van der Waals surface area contributed by atoms with Gasteiger partial charge in [0.15, 0.2) is 0 Å². The van der Waals surface area contributed by atoms with E-state index in [0.717, 1.165) is 9.37 Å². The molecule has 1 aliphatic heterocycles. The van der Waals surface area contributed by atoms with Crippen LogP contribution in [-0.4, -0.2) is 40.1 Å². The SMILES string of the molecule is O=C(CCCN1C(=O)C=CC1=O)Oc1c(Br)cc(Br)cc1CNC(=O)c1ccccn1. The van der Waals surface area contributed by atoms with Gasteiger partial charge in [0.2, 0.25) is 0 Å². The second kappa shape index (κ2) is 10.5. The van der Waals surface area contributed by atoms with Gasteiger partial charge in [-0.2, -0.15) is 0 Å². The summed E-state index contributed by atoms with van der Waals surface area (Å²) in [5.74, 6) is -1.38. The average molecular weight is 551 g/mol. The second-order valence-corrected chi connectivity index (χ2v) is 8.28. The minimum absolute atomic E-state index is 0.0132. The number of nitrogens with one attached hydrogen (secondary N) is 1. The van der Waals surface area contributed by atoms with Crippen LogP contribution in [0.4, 0.5) is 0 Å². The summed E-state index contributed by atoms with van der Waals surface area (Å²) < 4.78 is 6.78. The van der Waals surface area contributed by atoms with E-state index in [1.54, 1.807) is 30.3 Å². The average Bonchev–Trinajstić information content (AvgIpc) is 3.07. The molecule has 0 bridgehead atoms. The van der Waals surface area contributed by atoms with Crippen LogP contribution >= 0.6 is 31.9 Å². The maximum atomic E-state index is 12.3. The Labute approximate surface area is 194 Å². The summed E-state index contributed by atoms with van der Waals surface area (Å²) in [5, 5.41) is 2.75. The summed E-state index contributed by atoms with van der Waals surface area (Å²) in [6.45, 7) is 0.243. The number of pyridine rings is 1. The first-order valence-electron chi connectivity index (χ1n) is 9.26. The highest BCUT2D eigenvalue weighted by atomic mass is 79.9. The van der Waals surface area contributed by atoms with Crippen molar-refractivity contribution in [2.24, 2.45) is 0 Å². The number of benzene rings is 1. The van der Waals surface area contributed by atoms with E-state index >= 15 is 0 Å². The van der Waals surface area contributed by atoms with Gasteiger partial charge in [-0.05, 0) is 46.6 Å². The number of carbonyl (C=O) groups excluding carboxylic acids is 4. The van der Waals surface area contributed by atoms with Gasteiger partial charge in [0.05, 0.1) is 4.47 Å². The predicted octanol–water partition coefficient (Wildman–Crippen LogP) is 3.15. The number of imide groups is 1. The summed E-state index contributed by atoms with van der Waals surface area (Å²) in [6.07, 6.45) is 4.21. The molecule has 3 amide bonds. The molecule has 0 spiro atoms. The van der Waals surface area contributed by atoms with Gasteiger partial charge in [-0.3, -0.25) is 29.1 Å². The molecule has 2 heterocycles. The molecule has 0 aliphatic carbocycles. The number of hydrogen-bond donors (Lipinski definition) is 1. The third kappa shape index (κ3) is 6.08. The number of halogens is 2. The van der Waals surface area contributed by atoms with Gasteiger partial charge in [0.1, 0.15) is 11.4 Å². The Morgan fingerprint density at radius 2 is 1.84 bits per heavy atom. The Hall–Kier alpha value is -2.85. The first kappa shape index (κ1) is 22.8. The molecule has 0 unspecified atom stereocenters. The molecular formula is C21H17Br2N3O5. The lowest BCUT2D eigenvalue weighted by Crippen LogP contribution is -2.31. The minimum atomic E-state index is -0.521. The highest BCUT2D eigenvalue weighted by Crippen LogP contribution is 2.33. The van der Waals surface area contributed by atoms with E-state index in [-0.39, 0.29) is 55.1 Å². The fourth-order valence-electron chi connectivity index (χ4n) is 2.82. The first-order chi connectivity index (χ1) is 14.8. The van der Waals surface area contributed by atoms with Crippen LogP contribution in [0.25, 0.3) is 0 Å². The zero-order valence-electron chi connectivity index (χ0n) is 16.1. The fraction of sp³-hybridized carbons (Fsp3) is 0.190. The highest BCUT2D eigenvalue weighted by Gasteiger charge is 2.23. The van der Waals surface area contributed by atoms with Crippen molar-refractivity contribution in [3.8, 4) is 5.75 Å². The third-order valence-corrected chi connectivity index (χ3v) is 5.35. The van der Waals surface area contributed by atoms with Crippen LogP contribution in [0.1, 0.15) is 28.9 Å². The van der Waals surface area contributed by atoms with Gasteiger partial charge in [0, 0.05) is 47.9 Å². The summed E-state index contributed by atoms with van der Waals surface area (Å²) in [7, 11) is 0. The number of aromatic nitrogens is 1. The lowest BCUT2D eigenvalue weighted by atomic mass is 10.2. The monoisotopic (exact) mass is 549 g/mol. The van der Waals surface area contributed by atoms with Crippen LogP contribution in [0.2, 0.25) is 0 Å². The molecule has 2 aromatic rings. The van der Waals surface area contributed by atoms with Crippen molar-refractivity contribution in [1.82, 2.24) is 15.2 Å². The molecule has 31 heavy (non-hydrogen) atoms. The Kier molecular flexibility index (Phi) is 7.69. The maximum absolute atomic E-state index is 12.3. The number of rotatable bonds is 8. The normalized spacial score (nSPS) is 12.9. The lowest BCUT2D eigenvalue weighted by molar-refractivity contribution is -0.139. The third-order valence-electron chi connectivity index (χ3n) is 4.30. The smallest absolute Gasteiger partial charge is 0.311 e. The van der Waals surface area contributed by atoms with Crippen molar-refractivity contribution < 1.29 is 23.9 Å². The summed E-state index contributed by atoms with van der Waals surface area (Å²) >= 11 is 6.76. The van der Waals surface area contributed by atoms with E-state index in [9.17, 15) is 19.2 Å². The van der Waals surface area contributed by atoms with Crippen molar-refractivity contribution >= 4 is 55.6 Å². The molecule has 1 aromatic carbocycles. The van der Waals surface area contributed by atoms with Gasteiger partial charge in [-0.1, -0.05) is 22.0 Å². The standard InChI is InChI=1S/C21H17Br2N3O5/c22-14-10-13(12-25-21(30)16-4-1-2-8-24-16)20(15(23)11-14)31-19(29)5-3-9-26-17(27)6-7-18(26)28/h1-2,4,6-8,10-11H,3,5,9,12H2,(H,25,30). The summed E-state index contributed by atoms with van der Waals surface area (Å²) in [4.78, 5) is 52.8. The Bertz CT molecular complexity index is 1040. The number of esters is 1. The van der Waals surface area contributed by atoms with Crippen LogP contribution in [-0.2, 0) is 20.9 Å². The number of nitrogens with zero attached hydrogens (tertiary/aromatic N) is 2. The molecule has 0 saturated carbocycles. The Balaban J connectivity index is 1.61. The molecular weight excluding hydrogens is 534 g/mol. The zero-order valence-corrected chi connectivity index (χ0v) is 19.3. The highest BCUT2D eigenvalue weighted by molar-refractivity contribution is 9.11. The predicted molar refractivity (Wildman–Crippen MR) is 118 cm³/mol. The van der Waals surface area contributed by atoms with Crippen LogP contribution < -0.4 is 10.1 Å². The van der Waals surface area contributed by atoms with Crippen LogP contribution in [0, 0.1) is 0 Å². The first-order valence-corrected chi connectivity index (χ1v) is 10.8. The van der Waals surface area contributed by atoms with Crippen molar-refractivity contribution in [1.29, 1.82) is 0 Å². The van der Waals surface area contributed by atoms with Crippen LogP contribution in [0.5, 0.6) is 5.75 Å². The lowest BCUT2D eigenvalue weighted by Gasteiger charge is -2.15. The van der Waals surface area contributed by atoms with Crippen LogP contribution in [0.3, 0.4) is 0 Å². The fourth-order valence-corrected chi connectivity index (χ4v) is 4.21. The van der Waals surface area contributed by atoms with Gasteiger partial charge >= 0.3 is 5.97 Å². The molecule has 0 saturated heterocycles. The summed E-state index contributed by atoms with van der Waals surface area (Å²) in [5.41, 5.74) is 0.851. The van der Waals surface area contributed by atoms with Gasteiger partial charge in [0.25, 0.3) is 17.7 Å². The van der Waals surface area contributed by atoms with E-state index in [1.807, 2.05) is 0 Å². The molecule has 1 aromatic heterocycles. The molecule has 8 nitrogen and oxygen atoms in total. The molecule has 1 N–H and O–H groups in total. The molecule has 0 radical (unpaired) electrons. The van der Waals surface area contributed by atoms with Crippen molar-refractivity contribution in [3.05, 3.63) is 68.9 Å². The van der Waals surface area contributed by atoms with Gasteiger partial charge in [-0.25, -0.2) is 0 Å². The molecule has 3 rings (SSSR count). The Morgan fingerprint density at radius 3 is 2.52 bits per heavy atom. The Morgan fingerprint density at radius 1 is 1.10 bits per heavy atom. The topological polar surface area (TPSA) is 106 Å². The van der Waals surface area contributed by atoms with Crippen molar-refractivity contribution in [3.63, 3.8) is 0 Å². The van der Waals surface area contributed by atoms with Crippen LogP contribution in [0.15, 0.2) is 57.6 Å². The second-order valence-electron chi connectivity index (χ2n) is 6.51. The maximum Gasteiger partial charge on any atom is 0.311 e. The van der Waals surface area contributed by atoms with E-state index in [2.05, 4.69) is 42.2 Å². The molecule has 10 heteroatoms. The number of carbonyl (C=O) groups is 4. The quantitative estimate of drug-likeness (QED) is 0.307. The molecule has 160 valence electrons. The molecule has 0 fully saturated rings. The van der Waals surface area contributed by atoms with E-state index in [4.69, 9.17) is 4.74 Å². The van der Waals surface area contributed by atoms with E-state index in [0.29, 0.717) is 10.0 Å². The largest absolute Gasteiger partial charge is 0.425 e. The van der Waals surface area contributed by atoms with Gasteiger partial charge in [-0.15, -0.1) is 0 Å². The number of ether oxygens (including phenoxy) is 1.